The second-order valence-electron chi connectivity index (χ2n) is 5.93. The number of carbonyl (C=O) groups excluding carboxylic acids is 1. The highest BCUT2D eigenvalue weighted by Crippen LogP contribution is 2.23. The molecule has 0 amide bonds. The lowest BCUT2D eigenvalue weighted by Crippen LogP contribution is -2.17. The maximum atomic E-state index is 11.3. The molecule has 0 aromatic carbocycles. The van der Waals surface area contributed by atoms with E-state index in [1.165, 1.54) is 0 Å². The zero-order valence-electron chi connectivity index (χ0n) is 10.8. The Morgan fingerprint density at radius 2 is 1.67 bits per heavy atom. The number of carbonyl (C=O) groups is 1. The average Bonchev–Trinajstić information content (AvgIpc) is 1.97. The molecule has 0 fully saturated rings. The molecular weight excluding hydrogens is 208 g/mol. The van der Waals surface area contributed by atoms with E-state index < -0.39 is 0 Å². The molecule has 0 heterocycles. The van der Waals surface area contributed by atoms with Crippen LogP contribution in [0.2, 0.25) is 0 Å². The first-order valence-corrected chi connectivity index (χ1v) is 6.38. The van der Waals surface area contributed by atoms with Crippen LogP contribution in [-0.4, -0.2) is 23.1 Å². The molecular formula is C12H24O2S. The minimum Gasteiger partial charge on any atom is -0.465 e. The van der Waals surface area contributed by atoms with E-state index in [1.54, 1.807) is 11.8 Å². The highest BCUT2D eigenvalue weighted by molar-refractivity contribution is 8.01. The Morgan fingerprint density at radius 3 is 2.07 bits per heavy atom. The molecule has 0 aliphatic rings. The lowest BCUT2D eigenvalue weighted by Gasteiger charge is -2.19. The number of rotatable bonds is 4. The standard InChI is InChI=1S/C12H24O2S/c1-11(2,3)7-8-14-10(13)9-15-12(4,5)6/h7-9H2,1-6H3. The van der Waals surface area contributed by atoms with E-state index in [1.807, 2.05) is 0 Å². The Balaban J connectivity index is 3.60. The van der Waals surface area contributed by atoms with Crippen LogP contribution in [0.15, 0.2) is 0 Å². The zero-order chi connectivity index (χ0) is 12.1. The second-order valence-corrected chi connectivity index (χ2v) is 7.73. The molecule has 0 N–H and O–H groups in total. The quantitative estimate of drug-likeness (QED) is 0.694. The summed E-state index contributed by atoms with van der Waals surface area (Å²) in [7, 11) is 0. The molecule has 0 unspecified atom stereocenters. The monoisotopic (exact) mass is 232 g/mol. The van der Waals surface area contributed by atoms with Crippen LogP contribution in [0.4, 0.5) is 0 Å². The first-order chi connectivity index (χ1) is 6.60. The van der Waals surface area contributed by atoms with Crippen molar-refractivity contribution in [3.05, 3.63) is 0 Å². The van der Waals surface area contributed by atoms with Crippen LogP contribution in [0.25, 0.3) is 0 Å². The van der Waals surface area contributed by atoms with Crippen molar-refractivity contribution in [1.82, 2.24) is 0 Å². The molecule has 3 heteroatoms. The van der Waals surface area contributed by atoms with Crippen molar-refractivity contribution in [2.75, 3.05) is 12.4 Å². The van der Waals surface area contributed by atoms with Gasteiger partial charge in [0.05, 0.1) is 12.4 Å². The number of thioether (sulfide) groups is 1. The van der Waals surface area contributed by atoms with Gasteiger partial charge in [-0.15, -0.1) is 11.8 Å². The highest BCUT2D eigenvalue weighted by atomic mass is 32.2. The Hall–Kier alpha value is -0.180. The van der Waals surface area contributed by atoms with E-state index >= 15 is 0 Å². The van der Waals surface area contributed by atoms with Gasteiger partial charge in [0.1, 0.15) is 0 Å². The summed E-state index contributed by atoms with van der Waals surface area (Å²) in [4.78, 5) is 11.3. The van der Waals surface area contributed by atoms with Crippen molar-refractivity contribution < 1.29 is 9.53 Å². The van der Waals surface area contributed by atoms with Gasteiger partial charge in [0.15, 0.2) is 0 Å². The smallest absolute Gasteiger partial charge is 0.315 e. The van der Waals surface area contributed by atoms with Gasteiger partial charge in [0.25, 0.3) is 0 Å². The molecule has 0 aliphatic heterocycles. The van der Waals surface area contributed by atoms with E-state index in [2.05, 4.69) is 41.5 Å². The third-order valence-corrected chi connectivity index (χ3v) is 2.98. The van der Waals surface area contributed by atoms with Gasteiger partial charge < -0.3 is 4.74 Å². The highest BCUT2D eigenvalue weighted by Gasteiger charge is 2.15. The normalized spacial score (nSPS) is 12.7. The van der Waals surface area contributed by atoms with E-state index in [0.717, 1.165) is 6.42 Å². The van der Waals surface area contributed by atoms with Crippen LogP contribution in [0.5, 0.6) is 0 Å². The summed E-state index contributed by atoms with van der Waals surface area (Å²) in [6.45, 7) is 13.3. The lowest BCUT2D eigenvalue weighted by molar-refractivity contribution is -0.141. The fraction of sp³-hybridized carbons (Fsp3) is 0.917. The minimum atomic E-state index is -0.0980. The van der Waals surface area contributed by atoms with E-state index in [-0.39, 0.29) is 16.1 Å². The number of ether oxygens (including phenoxy) is 1. The largest absolute Gasteiger partial charge is 0.465 e. The summed E-state index contributed by atoms with van der Waals surface area (Å²) < 4.78 is 5.28. The number of esters is 1. The molecule has 0 atom stereocenters. The van der Waals surface area contributed by atoms with Gasteiger partial charge in [0.2, 0.25) is 0 Å². The summed E-state index contributed by atoms with van der Waals surface area (Å²) in [5.41, 5.74) is 0.234. The van der Waals surface area contributed by atoms with Crippen molar-refractivity contribution in [2.45, 2.75) is 52.7 Å². The maximum absolute atomic E-state index is 11.3. The summed E-state index contributed by atoms with van der Waals surface area (Å²) in [6, 6.07) is 0. The van der Waals surface area contributed by atoms with Gasteiger partial charge in [-0.25, -0.2) is 0 Å². The first kappa shape index (κ1) is 14.8. The van der Waals surface area contributed by atoms with Crippen LogP contribution in [0, 0.1) is 5.41 Å². The molecule has 0 aliphatic carbocycles. The average molecular weight is 232 g/mol. The molecule has 0 saturated carbocycles. The van der Waals surface area contributed by atoms with Crippen LogP contribution < -0.4 is 0 Å². The maximum Gasteiger partial charge on any atom is 0.315 e. The van der Waals surface area contributed by atoms with Crippen molar-refractivity contribution in [2.24, 2.45) is 5.41 Å². The van der Waals surface area contributed by atoms with Crippen LogP contribution >= 0.6 is 11.8 Å². The molecule has 0 saturated heterocycles. The van der Waals surface area contributed by atoms with Gasteiger partial charge in [-0.1, -0.05) is 41.5 Å². The molecule has 90 valence electrons. The summed E-state index contributed by atoms with van der Waals surface area (Å²) in [5.74, 6) is 0.354. The Morgan fingerprint density at radius 1 is 1.13 bits per heavy atom. The van der Waals surface area contributed by atoms with Gasteiger partial charge >= 0.3 is 5.97 Å². The van der Waals surface area contributed by atoms with Crippen molar-refractivity contribution in [3.8, 4) is 0 Å². The fourth-order valence-corrected chi connectivity index (χ4v) is 1.42. The zero-order valence-corrected chi connectivity index (χ0v) is 11.7. The van der Waals surface area contributed by atoms with E-state index in [0.29, 0.717) is 12.4 Å². The molecule has 0 spiro atoms. The van der Waals surface area contributed by atoms with Crippen LogP contribution in [0.1, 0.15) is 48.0 Å². The van der Waals surface area contributed by atoms with Crippen LogP contribution in [-0.2, 0) is 9.53 Å². The first-order valence-electron chi connectivity index (χ1n) is 5.40. The van der Waals surface area contributed by atoms with Gasteiger partial charge in [-0.2, -0.15) is 0 Å². The molecule has 0 aromatic rings. The summed E-state index contributed by atoms with van der Waals surface area (Å²) >= 11 is 1.63. The molecule has 0 aromatic heterocycles. The van der Waals surface area contributed by atoms with Crippen molar-refractivity contribution in [1.29, 1.82) is 0 Å². The lowest BCUT2D eigenvalue weighted by atomic mass is 9.93. The number of hydrogen-bond acceptors (Lipinski definition) is 3. The Bertz CT molecular complexity index is 199. The van der Waals surface area contributed by atoms with Crippen molar-refractivity contribution in [3.63, 3.8) is 0 Å². The minimum absolute atomic E-state index is 0.0980. The number of hydrogen-bond donors (Lipinski definition) is 0. The van der Waals surface area contributed by atoms with Crippen LogP contribution in [0.3, 0.4) is 0 Å². The third kappa shape index (κ3) is 11.7. The molecule has 15 heavy (non-hydrogen) atoms. The molecule has 0 rings (SSSR count). The fourth-order valence-electron chi connectivity index (χ4n) is 0.788. The third-order valence-electron chi connectivity index (χ3n) is 1.74. The molecule has 0 radical (unpaired) electrons. The predicted octanol–water partition coefficient (Wildman–Crippen LogP) is 3.50. The Labute approximate surface area is 98.2 Å². The topological polar surface area (TPSA) is 26.3 Å². The van der Waals surface area contributed by atoms with Gasteiger partial charge in [-0.05, 0) is 11.8 Å². The second kappa shape index (κ2) is 5.78. The Kier molecular flexibility index (Phi) is 5.71. The molecule has 0 bridgehead atoms. The van der Waals surface area contributed by atoms with E-state index in [4.69, 9.17) is 4.74 Å². The molecule has 2 nitrogen and oxygen atoms in total. The van der Waals surface area contributed by atoms with Gasteiger partial charge in [-0.3, -0.25) is 4.79 Å². The van der Waals surface area contributed by atoms with E-state index in [9.17, 15) is 4.79 Å². The SMILES string of the molecule is CC(C)(C)CCOC(=O)CSC(C)(C)C. The van der Waals surface area contributed by atoms with Gasteiger partial charge in [0, 0.05) is 4.75 Å². The summed E-state index contributed by atoms with van der Waals surface area (Å²) in [5, 5.41) is 0. The van der Waals surface area contributed by atoms with Crippen molar-refractivity contribution >= 4 is 17.7 Å². The summed E-state index contributed by atoms with van der Waals surface area (Å²) in [6.07, 6.45) is 0.916. The predicted molar refractivity (Wildman–Crippen MR) is 67.2 cm³/mol.